The molecule has 0 aliphatic carbocycles. The number of nitrogens with zero attached hydrogens (tertiary/aromatic N) is 4. The number of fused-ring (bicyclic) bond motifs is 4. The van der Waals surface area contributed by atoms with Crippen LogP contribution in [0, 0.1) is 0 Å². The minimum atomic E-state index is 0.579. The van der Waals surface area contributed by atoms with Gasteiger partial charge in [-0.2, -0.15) is 0 Å². The van der Waals surface area contributed by atoms with Crippen LogP contribution in [0.3, 0.4) is 0 Å². The fraction of sp³-hybridized carbons (Fsp3) is 0. The van der Waals surface area contributed by atoms with Crippen LogP contribution in [-0.4, -0.2) is 19.9 Å². The van der Waals surface area contributed by atoms with Crippen molar-refractivity contribution in [1.82, 2.24) is 19.9 Å². The van der Waals surface area contributed by atoms with Gasteiger partial charge in [-0.15, -0.1) is 0 Å². The Kier molecular flexibility index (Phi) is 6.03. The van der Waals surface area contributed by atoms with Gasteiger partial charge in [-0.1, -0.05) is 115 Å². The van der Waals surface area contributed by atoms with Crippen molar-refractivity contribution in [2.75, 3.05) is 0 Å². The second-order valence-corrected chi connectivity index (χ2v) is 11.1. The molecule has 0 saturated heterocycles. The number of para-hydroxylation sites is 2. The van der Waals surface area contributed by atoms with Crippen LogP contribution in [0.15, 0.2) is 154 Å². The van der Waals surface area contributed by atoms with E-state index in [-0.39, 0.29) is 0 Å². The average molecular weight is 593 g/mol. The summed E-state index contributed by atoms with van der Waals surface area (Å²) in [5.41, 5.74) is 8.54. The fourth-order valence-electron chi connectivity index (χ4n) is 5.95. The van der Waals surface area contributed by atoms with E-state index in [1.807, 2.05) is 115 Å². The number of furan rings is 1. The molecule has 0 aliphatic heterocycles. The summed E-state index contributed by atoms with van der Waals surface area (Å²) in [5, 5.41) is 2.03. The monoisotopic (exact) mass is 592 g/mol. The number of hydrogen-bond acceptors (Lipinski definition) is 6. The zero-order valence-corrected chi connectivity index (χ0v) is 24.5. The summed E-state index contributed by atoms with van der Waals surface area (Å²) in [6, 6.07) is 48.3. The predicted molar refractivity (Wildman–Crippen MR) is 182 cm³/mol. The molecule has 0 radical (unpaired) electrons. The van der Waals surface area contributed by atoms with Gasteiger partial charge < -0.3 is 8.83 Å². The quantitative estimate of drug-likeness (QED) is 0.198. The smallest absolute Gasteiger partial charge is 0.227 e. The third-order valence-electron chi connectivity index (χ3n) is 8.18. The molecular weight excluding hydrogens is 568 g/mol. The highest BCUT2D eigenvalue weighted by Crippen LogP contribution is 2.40. The van der Waals surface area contributed by atoms with Gasteiger partial charge in [-0.3, -0.25) is 0 Å². The van der Waals surface area contributed by atoms with Gasteiger partial charge in [0.15, 0.2) is 23.1 Å². The number of aromatic nitrogens is 4. The van der Waals surface area contributed by atoms with Gasteiger partial charge in [0, 0.05) is 44.2 Å². The van der Waals surface area contributed by atoms with Crippen LogP contribution in [-0.2, 0) is 0 Å². The first-order valence-corrected chi connectivity index (χ1v) is 15.1. The van der Waals surface area contributed by atoms with Gasteiger partial charge in [-0.05, 0) is 30.3 Å². The minimum Gasteiger partial charge on any atom is -0.455 e. The highest BCUT2D eigenvalue weighted by molar-refractivity contribution is 6.12. The van der Waals surface area contributed by atoms with E-state index in [9.17, 15) is 0 Å². The van der Waals surface area contributed by atoms with Gasteiger partial charge in [0.25, 0.3) is 0 Å². The number of hydrogen-bond donors (Lipinski definition) is 0. The third kappa shape index (κ3) is 4.43. The van der Waals surface area contributed by atoms with Crippen LogP contribution in [0.25, 0.3) is 89.8 Å². The SMILES string of the molecule is c1ccc(-c2nc(-c3ccccc3)nc(-c3ccc4c(c3)oc3c(-c5cccc6nc(-c7ccccc7)oc56)cccc34)n2)cc1. The minimum absolute atomic E-state index is 0.579. The molecule has 9 aromatic rings. The first kappa shape index (κ1) is 26.0. The van der Waals surface area contributed by atoms with Crippen molar-refractivity contribution in [3.63, 3.8) is 0 Å². The molecule has 6 nitrogen and oxygen atoms in total. The van der Waals surface area contributed by atoms with Gasteiger partial charge in [0.2, 0.25) is 5.89 Å². The maximum absolute atomic E-state index is 6.64. The van der Waals surface area contributed by atoms with Crippen molar-refractivity contribution in [2.45, 2.75) is 0 Å². The molecule has 6 heteroatoms. The Morgan fingerprint density at radius 3 is 1.59 bits per heavy atom. The molecule has 0 bridgehead atoms. The molecular formula is C40H24N4O2. The van der Waals surface area contributed by atoms with E-state index in [0.29, 0.717) is 23.4 Å². The van der Waals surface area contributed by atoms with E-state index in [4.69, 9.17) is 28.8 Å². The molecule has 0 aliphatic rings. The molecule has 216 valence electrons. The van der Waals surface area contributed by atoms with Crippen LogP contribution in [0.2, 0.25) is 0 Å². The van der Waals surface area contributed by atoms with Crippen LogP contribution in [0.1, 0.15) is 0 Å². The third-order valence-corrected chi connectivity index (χ3v) is 8.18. The Bertz CT molecular complexity index is 2460. The Labute approximate surface area is 263 Å². The van der Waals surface area contributed by atoms with Crippen molar-refractivity contribution in [2.24, 2.45) is 0 Å². The van der Waals surface area contributed by atoms with Crippen molar-refractivity contribution in [3.05, 3.63) is 146 Å². The predicted octanol–water partition coefficient (Wildman–Crippen LogP) is 10.2. The molecule has 46 heavy (non-hydrogen) atoms. The molecule has 0 unspecified atom stereocenters. The molecule has 0 amide bonds. The largest absolute Gasteiger partial charge is 0.455 e. The first-order chi connectivity index (χ1) is 22.8. The Morgan fingerprint density at radius 2 is 0.935 bits per heavy atom. The summed E-state index contributed by atoms with van der Waals surface area (Å²) in [7, 11) is 0. The van der Waals surface area contributed by atoms with E-state index >= 15 is 0 Å². The second kappa shape index (κ2) is 10.6. The van der Waals surface area contributed by atoms with Gasteiger partial charge >= 0.3 is 0 Å². The normalized spacial score (nSPS) is 11.5. The highest BCUT2D eigenvalue weighted by atomic mass is 16.3. The Balaban J connectivity index is 1.19. The molecule has 0 spiro atoms. The van der Waals surface area contributed by atoms with Crippen molar-refractivity contribution >= 4 is 33.0 Å². The molecule has 0 atom stereocenters. The van der Waals surface area contributed by atoms with E-state index in [0.717, 1.165) is 66.4 Å². The molecule has 0 fully saturated rings. The molecule has 0 saturated carbocycles. The molecule has 0 N–H and O–H groups in total. The van der Waals surface area contributed by atoms with Gasteiger partial charge in [0.1, 0.15) is 16.7 Å². The summed E-state index contributed by atoms with van der Waals surface area (Å²) in [6.45, 7) is 0. The van der Waals surface area contributed by atoms with Crippen LogP contribution in [0.5, 0.6) is 0 Å². The van der Waals surface area contributed by atoms with Crippen LogP contribution in [0.4, 0.5) is 0 Å². The fourth-order valence-corrected chi connectivity index (χ4v) is 5.95. The van der Waals surface area contributed by atoms with E-state index in [2.05, 4.69) is 30.3 Å². The van der Waals surface area contributed by atoms with Gasteiger partial charge in [-0.25, -0.2) is 19.9 Å². The Morgan fingerprint density at radius 1 is 0.370 bits per heavy atom. The maximum Gasteiger partial charge on any atom is 0.227 e. The highest BCUT2D eigenvalue weighted by Gasteiger charge is 2.19. The Hall–Kier alpha value is -6.40. The lowest BCUT2D eigenvalue weighted by Crippen LogP contribution is -2.00. The summed E-state index contributed by atoms with van der Waals surface area (Å²) in [5.74, 6) is 2.40. The maximum atomic E-state index is 6.64. The zero-order valence-electron chi connectivity index (χ0n) is 24.5. The van der Waals surface area contributed by atoms with E-state index < -0.39 is 0 Å². The standard InChI is InChI=1S/C40H24N4O2/c1-4-12-25(13-5-1)37-42-38(26-14-6-2-7-15-26)44-39(43-37)28-22-23-29-30-18-10-19-31(35(30)45-34(29)24-28)32-20-11-21-33-36(32)46-40(41-33)27-16-8-3-9-17-27/h1-24H. The lowest BCUT2D eigenvalue weighted by molar-refractivity contribution is 0.620. The summed E-state index contributed by atoms with van der Waals surface area (Å²) in [4.78, 5) is 19.4. The zero-order chi connectivity index (χ0) is 30.5. The molecule has 3 heterocycles. The topological polar surface area (TPSA) is 77.8 Å². The van der Waals surface area contributed by atoms with Crippen molar-refractivity contribution in [1.29, 1.82) is 0 Å². The summed E-state index contributed by atoms with van der Waals surface area (Å²) < 4.78 is 13.0. The summed E-state index contributed by atoms with van der Waals surface area (Å²) in [6.07, 6.45) is 0. The second-order valence-electron chi connectivity index (χ2n) is 11.1. The lowest BCUT2D eigenvalue weighted by atomic mass is 10.0. The summed E-state index contributed by atoms with van der Waals surface area (Å²) >= 11 is 0. The van der Waals surface area contributed by atoms with Crippen LogP contribution < -0.4 is 0 Å². The van der Waals surface area contributed by atoms with E-state index in [1.165, 1.54) is 0 Å². The van der Waals surface area contributed by atoms with Crippen molar-refractivity contribution in [3.8, 4) is 56.7 Å². The van der Waals surface area contributed by atoms with E-state index in [1.54, 1.807) is 0 Å². The number of rotatable bonds is 5. The molecule has 9 rings (SSSR count). The molecule has 6 aromatic carbocycles. The molecule has 3 aromatic heterocycles. The number of oxazole rings is 1. The average Bonchev–Trinajstić information content (AvgIpc) is 3.74. The number of benzene rings is 6. The lowest BCUT2D eigenvalue weighted by Gasteiger charge is -2.08. The van der Waals surface area contributed by atoms with Gasteiger partial charge in [0.05, 0.1) is 0 Å². The van der Waals surface area contributed by atoms with Crippen molar-refractivity contribution < 1.29 is 8.83 Å². The van der Waals surface area contributed by atoms with Crippen LogP contribution >= 0.6 is 0 Å². The first-order valence-electron chi connectivity index (χ1n) is 15.1.